The second-order valence-corrected chi connectivity index (χ2v) is 8.48. The first-order valence-electron chi connectivity index (χ1n) is 9.83. The van der Waals surface area contributed by atoms with E-state index < -0.39 is 6.10 Å². The molecule has 5 rings (SSSR count). The van der Waals surface area contributed by atoms with Crippen LogP contribution in [0.25, 0.3) is 0 Å². The summed E-state index contributed by atoms with van der Waals surface area (Å²) < 4.78 is 6.29. The second-order valence-electron chi connectivity index (χ2n) is 8.48. The molecule has 2 fully saturated rings. The highest BCUT2D eigenvalue weighted by atomic mass is 16.7. The van der Waals surface area contributed by atoms with Crippen LogP contribution < -0.4 is 4.74 Å². The zero-order valence-electron chi connectivity index (χ0n) is 15.2. The summed E-state index contributed by atoms with van der Waals surface area (Å²) in [5, 5.41) is 2.18. The van der Waals surface area contributed by atoms with Gasteiger partial charge in [-0.3, -0.25) is 9.63 Å². The lowest BCUT2D eigenvalue weighted by molar-refractivity contribution is -0.306. The average molecular weight is 341 g/mol. The SMILES string of the molecule is CCC(=O)C1Oc2cccc3c2C12CCN(CC1CC1)OC2(C)CC3. The number of ketones is 1. The van der Waals surface area contributed by atoms with Crippen LogP contribution in [0.15, 0.2) is 18.2 Å². The third-order valence-corrected chi connectivity index (χ3v) is 6.95. The smallest absolute Gasteiger partial charge is 0.174 e. The summed E-state index contributed by atoms with van der Waals surface area (Å²) in [6.07, 6.45) is 5.65. The van der Waals surface area contributed by atoms with Gasteiger partial charge >= 0.3 is 0 Å². The molecule has 1 saturated carbocycles. The van der Waals surface area contributed by atoms with Gasteiger partial charge in [-0.05, 0) is 56.6 Å². The van der Waals surface area contributed by atoms with E-state index in [1.54, 1.807) is 0 Å². The predicted molar refractivity (Wildman–Crippen MR) is 94.6 cm³/mol. The standard InChI is InChI=1S/C21H27NO3/c1-3-16(23)19-21-11-12-22(13-14-7-8-14)25-20(21,2)10-9-15-5-4-6-17(24-19)18(15)21/h4-6,14,19H,3,7-13H2,1-2H3. The summed E-state index contributed by atoms with van der Waals surface area (Å²) >= 11 is 0. The van der Waals surface area contributed by atoms with Gasteiger partial charge in [-0.15, -0.1) is 0 Å². The van der Waals surface area contributed by atoms with E-state index >= 15 is 0 Å². The number of ether oxygens (including phenoxy) is 1. The van der Waals surface area contributed by atoms with Crippen molar-refractivity contribution in [1.82, 2.24) is 5.06 Å². The van der Waals surface area contributed by atoms with Crippen molar-refractivity contribution in [3.63, 3.8) is 0 Å². The van der Waals surface area contributed by atoms with Crippen LogP contribution in [-0.4, -0.2) is 35.6 Å². The predicted octanol–water partition coefficient (Wildman–Crippen LogP) is 3.42. The largest absolute Gasteiger partial charge is 0.481 e. The highest BCUT2D eigenvalue weighted by Crippen LogP contribution is 2.60. The fraction of sp³-hybridized carbons (Fsp3) is 0.667. The van der Waals surface area contributed by atoms with Crippen LogP contribution in [0.3, 0.4) is 0 Å². The van der Waals surface area contributed by atoms with Gasteiger partial charge in [0.05, 0.1) is 5.41 Å². The maximum atomic E-state index is 12.9. The molecule has 25 heavy (non-hydrogen) atoms. The third kappa shape index (κ3) is 2.10. The zero-order chi connectivity index (χ0) is 17.2. The Bertz CT molecular complexity index is 728. The molecule has 4 nitrogen and oxygen atoms in total. The Morgan fingerprint density at radius 3 is 2.92 bits per heavy atom. The molecule has 1 aromatic rings. The fourth-order valence-electron chi connectivity index (χ4n) is 5.41. The summed E-state index contributed by atoms with van der Waals surface area (Å²) in [7, 11) is 0. The number of hydrogen-bond acceptors (Lipinski definition) is 4. The number of rotatable bonds is 4. The maximum Gasteiger partial charge on any atom is 0.174 e. The molecule has 0 aromatic heterocycles. The fourth-order valence-corrected chi connectivity index (χ4v) is 5.41. The van der Waals surface area contributed by atoms with Gasteiger partial charge in [0.2, 0.25) is 0 Å². The Labute approximate surface area is 149 Å². The number of hydrogen-bond donors (Lipinski definition) is 0. The van der Waals surface area contributed by atoms with E-state index in [0.29, 0.717) is 6.42 Å². The molecular weight excluding hydrogens is 314 g/mol. The molecule has 4 heteroatoms. The topological polar surface area (TPSA) is 38.8 Å². The van der Waals surface area contributed by atoms with Crippen LogP contribution in [0.5, 0.6) is 5.75 Å². The normalized spacial score (nSPS) is 36.5. The van der Waals surface area contributed by atoms with Gasteiger partial charge in [-0.25, -0.2) is 0 Å². The molecule has 2 aliphatic carbocycles. The summed E-state index contributed by atoms with van der Waals surface area (Å²) in [5.74, 6) is 1.92. The van der Waals surface area contributed by atoms with Gasteiger partial charge < -0.3 is 4.74 Å². The number of benzene rings is 1. The quantitative estimate of drug-likeness (QED) is 0.841. The Balaban J connectivity index is 1.60. The van der Waals surface area contributed by atoms with Crippen molar-refractivity contribution in [3.05, 3.63) is 29.3 Å². The number of hydroxylamine groups is 2. The molecule has 4 aliphatic rings. The van der Waals surface area contributed by atoms with E-state index in [1.165, 1.54) is 24.0 Å². The van der Waals surface area contributed by atoms with E-state index in [1.807, 2.05) is 13.0 Å². The Hall–Kier alpha value is -1.39. The van der Waals surface area contributed by atoms with Gasteiger partial charge in [0.1, 0.15) is 11.4 Å². The van der Waals surface area contributed by atoms with Crippen LogP contribution in [0.4, 0.5) is 0 Å². The van der Waals surface area contributed by atoms with E-state index in [2.05, 4.69) is 24.1 Å². The number of Topliss-reactive ketones (excluding diaryl/α,β-unsaturated/α-hetero) is 1. The van der Waals surface area contributed by atoms with Crippen molar-refractivity contribution in [2.24, 2.45) is 5.92 Å². The van der Waals surface area contributed by atoms with Crippen molar-refractivity contribution in [2.45, 2.75) is 69.5 Å². The highest BCUT2D eigenvalue weighted by molar-refractivity contribution is 5.87. The van der Waals surface area contributed by atoms with E-state index in [0.717, 1.165) is 44.0 Å². The molecule has 134 valence electrons. The Morgan fingerprint density at radius 1 is 1.32 bits per heavy atom. The molecule has 0 radical (unpaired) electrons. The first kappa shape index (κ1) is 15.8. The number of carbonyl (C=O) groups is 1. The summed E-state index contributed by atoms with van der Waals surface area (Å²) in [6.45, 7) is 6.08. The Morgan fingerprint density at radius 2 is 2.16 bits per heavy atom. The molecule has 0 bridgehead atoms. The van der Waals surface area contributed by atoms with Crippen molar-refractivity contribution >= 4 is 5.78 Å². The van der Waals surface area contributed by atoms with Gasteiger partial charge in [-0.1, -0.05) is 19.1 Å². The first-order chi connectivity index (χ1) is 12.1. The lowest BCUT2D eigenvalue weighted by Gasteiger charge is -2.56. The molecule has 3 unspecified atom stereocenters. The highest BCUT2D eigenvalue weighted by Gasteiger charge is 2.66. The van der Waals surface area contributed by atoms with E-state index in [9.17, 15) is 4.79 Å². The average Bonchev–Trinajstić information content (AvgIpc) is 3.36. The van der Waals surface area contributed by atoms with Crippen LogP contribution in [-0.2, 0) is 21.5 Å². The van der Waals surface area contributed by atoms with Crippen LogP contribution in [0, 0.1) is 5.92 Å². The summed E-state index contributed by atoms with van der Waals surface area (Å²) in [6, 6.07) is 6.30. The molecule has 2 aliphatic heterocycles. The first-order valence-corrected chi connectivity index (χ1v) is 9.83. The minimum atomic E-state index is -0.401. The van der Waals surface area contributed by atoms with E-state index in [4.69, 9.17) is 9.57 Å². The lowest BCUT2D eigenvalue weighted by Crippen LogP contribution is -2.67. The summed E-state index contributed by atoms with van der Waals surface area (Å²) in [4.78, 5) is 19.5. The second kappa shape index (κ2) is 5.31. The van der Waals surface area contributed by atoms with Crippen LogP contribution >= 0.6 is 0 Å². The Kier molecular flexibility index (Phi) is 3.36. The third-order valence-electron chi connectivity index (χ3n) is 6.95. The van der Waals surface area contributed by atoms with E-state index in [-0.39, 0.29) is 16.8 Å². The molecule has 1 saturated heterocycles. The van der Waals surface area contributed by atoms with Gasteiger partial charge in [-0.2, -0.15) is 5.06 Å². The van der Waals surface area contributed by atoms with Crippen LogP contribution in [0.1, 0.15) is 57.1 Å². The maximum absolute atomic E-state index is 12.9. The molecular formula is C21H27NO3. The summed E-state index contributed by atoms with van der Waals surface area (Å²) in [5.41, 5.74) is 1.92. The van der Waals surface area contributed by atoms with Crippen molar-refractivity contribution in [2.75, 3.05) is 13.1 Å². The van der Waals surface area contributed by atoms with Crippen molar-refractivity contribution in [3.8, 4) is 5.75 Å². The minimum absolute atomic E-state index is 0.203. The lowest BCUT2D eigenvalue weighted by atomic mass is 9.56. The minimum Gasteiger partial charge on any atom is -0.481 e. The van der Waals surface area contributed by atoms with Crippen LogP contribution in [0.2, 0.25) is 0 Å². The molecule has 3 atom stereocenters. The molecule has 0 N–H and O–H groups in total. The van der Waals surface area contributed by atoms with Gasteiger partial charge in [0.15, 0.2) is 11.9 Å². The zero-order valence-corrected chi connectivity index (χ0v) is 15.2. The monoisotopic (exact) mass is 341 g/mol. The van der Waals surface area contributed by atoms with Gasteiger partial charge in [0.25, 0.3) is 0 Å². The molecule has 0 amide bonds. The van der Waals surface area contributed by atoms with Gasteiger partial charge in [0, 0.05) is 25.1 Å². The van der Waals surface area contributed by atoms with Crippen molar-refractivity contribution < 1.29 is 14.4 Å². The number of aryl methyl sites for hydroxylation is 1. The molecule has 2 heterocycles. The molecule has 1 spiro atoms. The number of carbonyl (C=O) groups excluding carboxylic acids is 1. The molecule has 1 aromatic carbocycles. The van der Waals surface area contributed by atoms with Crippen molar-refractivity contribution in [1.29, 1.82) is 0 Å². The number of nitrogens with zero attached hydrogens (tertiary/aromatic N) is 1.